The zero-order chi connectivity index (χ0) is 14.8. The van der Waals surface area contributed by atoms with Gasteiger partial charge in [0.2, 0.25) is 0 Å². The second-order valence-electron chi connectivity index (χ2n) is 8.69. The van der Waals surface area contributed by atoms with Crippen molar-refractivity contribution in [2.45, 2.75) is 84.5 Å². The lowest BCUT2D eigenvalue weighted by Crippen LogP contribution is -2.54. The SMILES string of the molecule is CC(C)CNCC1(C2=CCCCC2)CC2(CCCCC2)C1. The van der Waals surface area contributed by atoms with Gasteiger partial charge >= 0.3 is 0 Å². The Hall–Kier alpha value is -0.300. The lowest BCUT2D eigenvalue weighted by atomic mass is 9.45. The highest BCUT2D eigenvalue weighted by Crippen LogP contribution is 2.64. The van der Waals surface area contributed by atoms with Crippen molar-refractivity contribution in [2.24, 2.45) is 16.7 Å². The average Bonchev–Trinajstić information content (AvgIpc) is 2.47. The van der Waals surface area contributed by atoms with Crippen LogP contribution >= 0.6 is 0 Å². The van der Waals surface area contributed by atoms with E-state index >= 15 is 0 Å². The molecule has 1 spiro atoms. The normalized spacial score (nSPS) is 27.5. The topological polar surface area (TPSA) is 12.0 Å². The lowest BCUT2D eigenvalue weighted by Gasteiger charge is -2.60. The van der Waals surface area contributed by atoms with Crippen molar-refractivity contribution >= 4 is 0 Å². The van der Waals surface area contributed by atoms with E-state index in [-0.39, 0.29) is 0 Å². The van der Waals surface area contributed by atoms with Crippen LogP contribution < -0.4 is 5.32 Å². The molecule has 2 saturated carbocycles. The molecular formula is C20H35N. The van der Waals surface area contributed by atoms with Crippen LogP contribution in [-0.2, 0) is 0 Å². The minimum Gasteiger partial charge on any atom is -0.316 e. The molecule has 0 bridgehead atoms. The van der Waals surface area contributed by atoms with Crippen LogP contribution in [0.4, 0.5) is 0 Å². The largest absolute Gasteiger partial charge is 0.316 e. The molecule has 0 radical (unpaired) electrons. The molecule has 0 heterocycles. The summed E-state index contributed by atoms with van der Waals surface area (Å²) >= 11 is 0. The van der Waals surface area contributed by atoms with Crippen LogP contribution in [0.1, 0.15) is 84.5 Å². The molecular weight excluding hydrogens is 254 g/mol. The maximum Gasteiger partial charge on any atom is 0.00472 e. The predicted molar refractivity (Wildman–Crippen MR) is 91.4 cm³/mol. The van der Waals surface area contributed by atoms with E-state index in [9.17, 15) is 0 Å². The summed E-state index contributed by atoms with van der Waals surface area (Å²) in [6.45, 7) is 7.08. The van der Waals surface area contributed by atoms with Gasteiger partial charge in [-0.05, 0) is 69.2 Å². The fraction of sp³-hybridized carbons (Fsp3) is 0.900. The van der Waals surface area contributed by atoms with Crippen LogP contribution in [-0.4, -0.2) is 13.1 Å². The van der Waals surface area contributed by atoms with Gasteiger partial charge in [-0.1, -0.05) is 44.8 Å². The molecule has 0 amide bonds. The fourth-order valence-corrected chi connectivity index (χ4v) is 5.42. The van der Waals surface area contributed by atoms with E-state index in [2.05, 4.69) is 25.2 Å². The first-order valence-corrected chi connectivity index (χ1v) is 9.55. The van der Waals surface area contributed by atoms with E-state index < -0.39 is 0 Å². The summed E-state index contributed by atoms with van der Waals surface area (Å²) in [7, 11) is 0. The highest BCUT2D eigenvalue weighted by atomic mass is 14.9. The minimum atomic E-state index is 0.548. The number of hydrogen-bond acceptors (Lipinski definition) is 1. The fourth-order valence-electron chi connectivity index (χ4n) is 5.42. The molecule has 0 atom stereocenters. The average molecular weight is 290 g/mol. The van der Waals surface area contributed by atoms with Crippen LogP contribution in [0.3, 0.4) is 0 Å². The third-order valence-electron chi connectivity index (χ3n) is 6.33. The molecule has 1 heteroatoms. The molecule has 0 aromatic carbocycles. The van der Waals surface area contributed by atoms with E-state index in [1.807, 2.05) is 5.57 Å². The third-order valence-corrected chi connectivity index (χ3v) is 6.33. The first-order valence-electron chi connectivity index (χ1n) is 9.55. The first kappa shape index (κ1) is 15.6. The van der Waals surface area contributed by atoms with Crippen molar-refractivity contribution < 1.29 is 0 Å². The highest BCUT2D eigenvalue weighted by Gasteiger charge is 2.55. The van der Waals surface area contributed by atoms with Crippen molar-refractivity contribution in [3.05, 3.63) is 11.6 Å². The zero-order valence-electron chi connectivity index (χ0n) is 14.3. The predicted octanol–water partition coefficient (Wildman–Crippen LogP) is 5.46. The number of hydrogen-bond donors (Lipinski definition) is 1. The van der Waals surface area contributed by atoms with Gasteiger partial charge in [-0.25, -0.2) is 0 Å². The quantitative estimate of drug-likeness (QED) is 0.662. The molecule has 0 aromatic rings. The van der Waals surface area contributed by atoms with Crippen molar-refractivity contribution in [2.75, 3.05) is 13.1 Å². The molecule has 21 heavy (non-hydrogen) atoms. The van der Waals surface area contributed by atoms with Gasteiger partial charge in [-0.15, -0.1) is 0 Å². The maximum absolute atomic E-state index is 3.81. The van der Waals surface area contributed by atoms with Gasteiger partial charge in [0.15, 0.2) is 0 Å². The van der Waals surface area contributed by atoms with Gasteiger partial charge in [0.05, 0.1) is 0 Å². The van der Waals surface area contributed by atoms with Gasteiger partial charge in [0.25, 0.3) is 0 Å². The van der Waals surface area contributed by atoms with Crippen LogP contribution in [0.15, 0.2) is 11.6 Å². The third kappa shape index (κ3) is 3.38. The summed E-state index contributed by atoms with van der Waals surface area (Å²) in [4.78, 5) is 0. The second-order valence-corrected chi connectivity index (χ2v) is 8.69. The highest BCUT2D eigenvalue weighted by molar-refractivity contribution is 5.25. The Balaban J connectivity index is 1.66. The summed E-state index contributed by atoms with van der Waals surface area (Å²) in [6.07, 6.45) is 18.7. The Labute approximate surface area is 132 Å². The van der Waals surface area contributed by atoms with Gasteiger partial charge in [-0.3, -0.25) is 0 Å². The van der Waals surface area contributed by atoms with E-state index in [1.54, 1.807) is 0 Å². The standard InChI is InChI=1S/C20H35N/c1-17(2)13-21-16-20(18-9-5-3-6-10-18)14-19(15-20)11-7-4-8-12-19/h9,17,21H,3-8,10-16H2,1-2H3. The summed E-state index contributed by atoms with van der Waals surface area (Å²) in [5.41, 5.74) is 3.13. The Morgan fingerprint density at radius 1 is 1.05 bits per heavy atom. The van der Waals surface area contributed by atoms with Crippen molar-refractivity contribution in [1.82, 2.24) is 5.32 Å². The lowest BCUT2D eigenvalue weighted by molar-refractivity contribution is -0.0438. The van der Waals surface area contributed by atoms with Gasteiger partial charge < -0.3 is 5.32 Å². The molecule has 0 aliphatic heterocycles. The van der Waals surface area contributed by atoms with E-state index in [0.29, 0.717) is 5.41 Å². The Morgan fingerprint density at radius 3 is 2.43 bits per heavy atom. The van der Waals surface area contributed by atoms with Gasteiger partial charge in [0, 0.05) is 12.0 Å². The van der Waals surface area contributed by atoms with Crippen molar-refractivity contribution in [3.63, 3.8) is 0 Å². The summed E-state index contributed by atoms with van der Waals surface area (Å²) < 4.78 is 0. The van der Waals surface area contributed by atoms with E-state index in [0.717, 1.165) is 11.3 Å². The molecule has 3 rings (SSSR count). The molecule has 0 unspecified atom stereocenters. The summed E-state index contributed by atoms with van der Waals surface area (Å²) in [5.74, 6) is 0.770. The monoisotopic (exact) mass is 289 g/mol. The molecule has 2 fully saturated rings. The Kier molecular flexibility index (Phi) is 4.78. The molecule has 1 N–H and O–H groups in total. The maximum atomic E-state index is 3.81. The number of rotatable bonds is 5. The van der Waals surface area contributed by atoms with Crippen LogP contribution in [0.25, 0.3) is 0 Å². The van der Waals surface area contributed by atoms with Gasteiger partial charge in [0.1, 0.15) is 0 Å². The van der Waals surface area contributed by atoms with E-state index in [1.165, 1.54) is 83.7 Å². The molecule has 0 aromatic heterocycles. The zero-order valence-corrected chi connectivity index (χ0v) is 14.3. The number of nitrogens with one attached hydrogen (secondary N) is 1. The summed E-state index contributed by atoms with van der Waals surface area (Å²) in [6, 6.07) is 0. The van der Waals surface area contributed by atoms with E-state index in [4.69, 9.17) is 0 Å². The van der Waals surface area contributed by atoms with Crippen LogP contribution in [0, 0.1) is 16.7 Å². The van der Waals surface area contributed by atoms with Crippen molar-refractivity contribution in [3.8, 4) is 0 Å². The van der Waals surface area contributed by atoms with Crippen molar-refractivity contribution in [1.29, 1.82) is 0 Å². The van der Waals surface area contributed by atoms with Crippen LogP contribution in [0.5, 0.6) is 0 Å². The number of allylic oxidation sites excluding steroid dienone is 1. The van der Waals surface area contributed by atoms with Gasteiger partial charge in [-0.2, -0.15) is 0 Å². The Bertz CT molecular complexity index is 365. The minimum absolute atomic E-state index is 0.548. The molecule has 3 aliphatic rings. The molecule has 0 saturated heterocycles. The molecule has 1 nitrogen and oxygen atoms in total. The first-order chi connectivity index (χ1) is 10.1. The molecule has 3 aliphatic carbocycles. The second kappa shape index (κ2) is 6.44. The summed E-state index contributed by atoms with van der Waals surface area (Å²) in [5, 5.41) is 3.81. The molecule has 120 valence electrons. The Morgan fingerprint density at radius 2 is 1.81 bits per heavy atom. The van der Waals surface area contributed by atoms with Crippen LogP contribution in [0.2, 0.25) is 0 Å². The smallest absolute Gasteiger partial charge is 0.00472 e.